The van der Waals surface area contributed by atoms with Crippen molar-refractivity contribution in [2.75, 3.05) is 10.6 Å². The summed E-state index contributed by atoms with van der Waals surface area (Å²) in [6.07, 6.45) is 0.0880. The van der Waals surface area contributed by atoms with E-state index in [1.54, 1.807) is 17.5 Å². The lowest BCUT2D eigenvalue weighted by Crippen LogP contribution is -2.15. The minimum Gasteiger partial charge on any atom is -0.331 e. The summed E-state index contributed by atoms with van der Waals surface area (Å²) < 4.78 is 22.5. The summed E-state index contributed by atoms with van der Waals surface area (Å²) in [6, 6.07) is 12.9. The minimum absolute atomic E-state index is 0.0169. The summed E-state index contributed by atoms with van der Waals surface area (Å²) in [7, 11) is -3.76. The van der Waals surface area contributed by atoms with E-state index in [0.29, 0.717) is 21.5 Å². The van der Waals surface area contributed by atoms with Crippen LogP contribution in [-0.2, 0) is 21.2 Å². The number of hydrogen-bond acceptors (Lipinski definition) is 6. The molecule has 0 aliphatic rings. The predicted octanol–water partition coefficient (Wildman–Crippen LogP) is 3.37. The first-order valence-electron chi connectivity index (χ1n) is 7.69. The maximum absolute atomic E-state index is 12.1. The van der Waals surface area contributed by atoms with E-state index in [0.717, 1.165) is 5.69 Å². The molecule has 7 nitrogen and oxygen atoms in total. The van der Waals surface area contributed by atoms with Gasteiger partial charge in [0.1, 0.15) is 0 Å². The lowest BCUT2D eigenvalue weighted by molar-refractivity contribution is -0.115. The summed E-state index contributed by atoms with van der Waals surface area (Å²) in [4.78, 5) is 16.5. The quantitative estimate of drug-likeness (QED) is 0.563. The van der Waals surface area contributed by atoms with Crippen molar-refractivity contribution in [2.45, 2.75) is 11.3 Å². The van der Waals surface area contributed by atoms with E-state index in [1.807, 2.05) is 12.1 Å². The van der Waals surface area contributed by atoms with Crippen LogP contribution in [0.2, 0.25) is 5.02 Å². The lowest BCUT2D eigenvalue weighted by atomic mass is 10.3. The van der Waals surface area contributed by atoms with Crippen molar-refractivity contribution in [1.82, 2.24) is 4.98 Å². The lowest BCUT2D eigenvalue weighted by Gasteiger charge is -2.05. The molecule has 1 heterocycles. The first kappa shape index (κ1) is 19.3. The number of carbonyl (C=O) groups is 1. The Morgan fingerprint density at radius 2 is 1.89 bits per heavy atom. The summed E-state index contributed by atoms with van der Waals surface area (Å²) in [6.45, 7) is 0. The van der Waals surface area contributed by atoms with Gasteiger partial charge < -0.3 is 10.6 Å². The molecule has 27 heavy (non-hydrogen) atoms. The third kappa shape index (κ3) is 5.51. The summed E-state index contributed by atoms with van der Waals surface area (Å²) in [5.74, 6) is -0.266. The molecule has 1 amide bonds. The molecule has 0 aliphatic carbocycles. The van der Waals surface area contributed by atoms with E-state index in [-0.39, 0.29) is 17.2 Å². The standard InChI is InChI=1S/C17H15ClN4O3S2/c18-11-2-1-3-13(8-11)21-17-22-14(10-26-17)9-16(23)20-12-4-6-15(7-5-12)27(19,24)25/h1-8,10H,9H2,(H,20,23)(H,21,22)(H2,19,24,25). The van der Waals surface area contributed by atoms with E-state index in [4.69, 9.17) is 16.7 Å². The summed E-state index contributed by atoms with van der Waals surface area (Å²) in [5.41, 5.74) is 1.89. The van der Waals surface area contributed by atoms with Crippen LogP contribution in [0.15, 0.2) is 58.8 Å². The van der Waals surface area contributed by atoms with Gasteiger partial charge in [-0.1, -0.05) is 17.7 Å². The smallest absolute Gasteiger partial charge is 0.238 e. The molecule has 0 aliphatic heterocycles. The molecule has 1 aromatic heterocycles. The number of nitrogens with zero attached hydrogens (tertiary/aromatic N) is 1. The minimum atomic E-state index is -3.76. The Bertz CT molecular complexity index is 1070. The van der Waals surface area contributed by atoms with Gasteiger partial charge in [-0.05, 0) is 42.5 Å². The molecule has 0 spiro atoms. The number of hydrogen-bond donors (Lipinski definition) is 3. The Morgan fingerprint density at radius 3 is 2.56 bits per heavy atom. The van der Waals surface area contributed by atoms with Crippen molar-refractivity contribution in [2.24, 2.45) is 5.14 Å². The van der Waals surface area contributed by atoms with Gasteiger partial charge in [-0.15, -0.1) is 11.3 Å². The van der Waals surface area contributed by atoms with E-state index >= 15 is 0 Å². The van der Waals surface area contributed by atoms with Gasteiger partial charge in [0.25, 0.3) is 0 Å². The number of nitrogens with one attached hydrogen (secondary N) is 2. The molecule has 0 bridgehead atoms. The number of thiazole rings is 1. The molecule has 3 rings (SSSR count). The average molecular weight is 423 g/mol. The molecular weight excluding hydrogens is 408 g/mol. The summed E-state index contributed by atoms with van der Waals surface area (Å²) in [5, 5.41) is 13.9. The van der Waals surface area contributed by atoms with E-state index < -0.39 is 10.0 Å². The van der Waals surface area contributed by atoms with Crippen LogP contribution in [0.5, 0.6) is 0 Å². The zero-order valence-corrected chi connectivity index (χ0v) is 16.2. The van der Waals surface area contributed by atoms with Crippen LogP contribution in [-0.4, -0.2) is 19.3 Å². The van der Waals surface area contributed by atoms with Gasteiger partial charge in [0.15, 0.2) is 5.13 Å². The van der Waals surface area contributed by atoms with Gasteiger partial charge in [0.05, 0.1) is 17.0 Å². The zero-order valence-electron chi connectivity index (χ0n) is 13.8. The molecule has 4 N–H and O–H groups in total. The number of anilines is 3. The van der Waals surface area contributed by atoms with Crippen molar-refractivity contribution in [1.29, 1.82) is 0 Å². The van der Waals surface area contributed by atoms with Crippen LogP contribution in [0.3, 0.4) is 0 Å². The third-order valence-corrected chi connectivity index (χ3v) is 5.41. The monoisotopic (exact) mass is 422 g/mol. The molecule has 0 radical (unpaired) electrons. The molecule has 3 aromatic rings. The molecular formula is C17H15ClN4O3S2. The highest BCUT2D eigenvalue weighted by molar-refractivity contribution is 7.89. The molecule has 0 saturated carbocycles. The molecule has 10 heteroatoms. The van der Waals surface area contributed by atoms with Gasteiger partial charge in [-0.3, -0.25) is 4.79 Å². The molecule has 2 aromatic carbocycles. The second kappa shape index (κ2) is 8.05. The Kier molecular flexibility index (Phi) is 5.76. The fourth-order valence-corrected chi connectivity index (χ4v) is 3.67. The van der Waals surface area contributed by atoms with Gasteiger partial charge >= 0.3 is 0 Å². The largest absolute Gasteiger partial charge is 0.331 e. The van der Waals surface area contributed by atoms with Gasteiger partial charge in [-0.25, -0.2) is 18.5 Å². The van der Waals surface area contributed by atoms with Crippen LogP contribution in [0.25, 0.3) is 0 Å². The van der Waals surface area contributed by atoms with E-state index in [1.165, 1.54) is 35.6 Å². The fourth-order valence-electron chi connectivity index (χ4n) is 2.23. The number of halogens is 1. The first-order valence-corrected chi connectivity index (χ1v) is 10.5. The predicted molar refractivity (Wildman–Crippen MR) is 107 cm³/mol. The number of benzene rings is 2. The number of amides is 1. The normalized spacial score (nSPS) is 11.2. The van der Waals surface area contributed by atoms with Crippen molar-refractivity contribution in [3.63, 3.8) is 0 Å². The maximum Gasteiger partial charge on any atom is 0.238 e. The Balaban J connectivity index is 1.59. The molecule has 0 saturated heterocycles. The highest BCUT2D eigenvalue weighted by Crippen LogP contribution is 2.23. The third-order valence-electron chi connectivity index (χ3n) is 3.44. The van der Waals surface area contributed by atoms with Gasteiger partial charge in [0.2, 0.25) is 15.9 Å². The number of aromatic nitrogens is 1. The van der Waals surface area contributed by atoms with Gasteiger partial charge in [-0.2, -0.15) is 0 Å². The maximum atomic E-state index is 12.1. The SMILES string of the molecule is NS(=O)(=O)c1ccc(NC(=O)Cc2csc(Nc3cccc(Cl)c3)n2)cc1. The molecule has 0 atom stereocenters. The Morgan fingerprint density at radius 1 is 1.15 bits per heavy atom. The number of sulfonamides is 1. The van der Waals surface area contributed by atoms with Crippen LogP contribution in [0.4, 0.5) is 16.5 Å². The fraction of sp³-hybridized carbons (Fsp3) is 0.0588. The van der Waals surface area contributed by atoms with Crippen molar-refractivity contribution < 1.29 is 13.2 Å². The number of carbonyl (C=O) groups excluding carboxylic acids is 1. The number of primary sulfonamides is 1. The highest BCUT2D eigenvalue weighted by Gasteiger charge is 2.10. The number of nitrogens with two attached hydrogens (primary N) is 1. The van der Waals surface area contributed by atoms with Crippen LogP contribution < -0.4 is 15.8 Å². The molecule has 140 valence electrons. The zero-order chi connectivity index (χ0) is 19.4. The molecule has 0 fully saturated rings. The Hall–Kier alpha value is -2.46. The number of rotatable bonds is 6. The molecule has 0 unspecified atom stereocenters. The highest BCUT2D eigenvalue weighted by atomic mass is 35.5. The van der Waals surface area contributed by atoms with E-state index in [2.05, 4.69) is 15.6 Å². The van der Waals surface area contributed by atoms with Crippen molar-refractivity contribution in [3.05, 3.63) is 64.6 Å². The van der Waals surface area contributed by atoms with Crippen molar-refractivity contribution >= 4 is 55.4 Å². The second-order valence-electron chi connectivity index (χ2n) is 5.57. The topological polar surface area (TPSA) is 114 Å². The van der Waals surface area contributed by atoms with Gasteiger partial charge in [0, 0.05) is 21.8 Å². The van der Waals surface area contributed by atoms with Crippen LogP contribution in [0.1, 0.15) is 5.69 Å². The van der Waals surface area contributed by atoms with Crippen molar-refractivity contribution in [3.8, 4) is 0 Å². The van der Waals surface area contributed by atoms with E-state index in [9.17, 15) is 13.2 Å². The van der Waals surface area contributed by atoms with Crippen LogP contribution >= 0.6 is 22.9 Å². The Labute approximate surface area is 165 Å². The summed E-state index contributed by atoms with van der Waals surface area (Å²) >= 11 is 7.32. The average Bonchev–Trinajstić information content (AvgIpc) is 3.01. The first-order chi connectivity index (χ1) is 12.8. The second-order valence-corrected chi connectivity index (χ2v) is 8.43. The van der Waals surface area contributed by atoms with Crippen LogP contribution in [0, 0.1) is 0 Å².